The third kappa shape index (κ3) is 1.73. The van der Waals surface area contributed by atoms with Gasteiger partial charge in [-0.3, -0.25) is 9.59 Å². The molecule has 2 rings (SSSR count). The second-order valence-electron chi connectivity index (χ2n) is 4.40. The number of esters is 2. The minimum atomic E-state index is -1.54. The van der Waals surface area contributed by atoms with Crippen molar-refractivity contribution >= 4 is 18.2 Å². The van der Waals surface area contributed by atoms with Gasteiger partial charge < -0.3 is 14.3 Å². The van der Waals surface area contributed by atoms with Crippen LogP contribution in [0.3, 0.4) is 0 Å². The van der Waals surface area contributed by atoms with Crippen molar-refractivity contribution < 1.29 is 23.9 Å². The van der Waals surface area contributed by atoms with Crippen molar-refractivity contribution in [3.8, 4) is 0 Å². The van der Waals surface area contributed by atoms with Crippen molar-refractivity contribution in [1.82, 2.24) is 0 Å². The first-order valence-corrected chi connectivity index (χ1v) is 5.81. The fraction of sp³-hybridized carbons (Fsp3) is 0.357. The fourth-order valence-electron chi connectivity index (χ4n) is 2.68. The Morgan fingerprint density at radius 2 is 1.63 bits per heavy atom. The van der Waals surface area contributed by atoms with Gasteiger partial charge in [-0.25, -0.2) is 0 Å². The minimum Gasteiger partial charge on any atom is -0.468 e. The average molecular weight is 262 g/mol. The first-order valence-electron chi connectivity index (χ1n) is 5.81. The number of rotatable bonds is 4. The number of ether oxygens (including phenoxy) is 2. The molecule has 0 bridgehead atoms. The van der Waals surface area contributed by atoms with Crippen LogP contribution in [0.2, 0.25) is 0 Å². The van der Waals surface area contributed by atoms with E-state index in [2.05, 4.69) is 9.47 Å². The molecular weight excluding hydrogens is 248 g/mol. The van der Waals surface area contributed by atoms with Crippen LogP contribution in [0.25, 0.3) is 0 Å². The van der Waals surface area contributed by atoms with Crippen molar-refractivity contribution in [2.45, 2.75) is 5.92 Å². The zero-order valence-corrected chi connectivity index (χ0v) is 10.7. The van der Waals surface area contributed by atoms with E-state index < -0.39 is 29.2 Å². The Morgan fingerprint density at radius 1 is 1.11 bits per heavy atom. The third-order valence-electron chi connectivity index (χ3n) is 3.62. The Labute approximate surface area is 110 Å². The molecule has 2 atom stereocenters. The zero-order chi connectivity index (χ0) is 14.0. The molecule has 5 nitrogen and oxygen atoms in total. The number of benzene rings is 1. The summed E-state index contributed by atoms with van der Waals surface area (Å²) in [7, 11) is 2.38. The van der Waals surface area contributed by atoms with Crippen LogP contribution in [-0.2, 0) is 23.9 Å². The first kappa shape index (κ1) is 13.3. The molecule has 0 amide bonds. The van der Waals surface area contributed by atoms with E-state index in [4.69, 9.17) is 0 Å². The van der Waals surface area contributed by atoms with Gasteiger partial charge in [0, 0.05) is 5.92 Å². The maximum atomic E-state index is 12.0. The smallest absolute Gasteiger partial charge is 0.324 e. The maximum Gasteiger partial charge on any atom is 0.324 e. The molecule has 0 aromatic heterocycles. The molecule has 100 valence electrons. The molecule has 19 heavy (non-hydrogen) atoms. The van der Waals surface area contributed by atoms with Crippen molar-refractivity contribution in [2.24, 2.45) is 11.3 Å². The molecule has 1 aliphatic carbocycles. The summed E-state index contributed by atoms with van der Waals surface area (Å²) in [4.78, 5) is 35.1. The highest BCUT2D eigenvalue weighted by molar-refractivity contribution is 6.09. The summed E-state index contributed by atoms with van der Waals surface area (Å²) in [6.45, 7) is 0. The van der Waals surface area contributed by atoms with E-state index in [1.54, 1.807) is 24.3 Å². The summed E-state index contributed by atoms with van der Waals surface area (Å²) in [5, 5.41) is 0. The Kier molecular flexibility index (Phi) is 3.38. The lowest BCUT2D eigenvalue weighted by Crippen LogP contribution is -2.32. The lowest BCUT2D eigenvalue weighted by Gasteiger charge is -2.12. The molecule has 0 unspecified atom stereocenters. The lowest BCUT2D eigenvalue weighted by molar-refractivity contribution is -0.162. The molecule has 1 aromatic rings. The third-order valence-corrected chi connectivity index (χ3v) is 3.62. The molecule has 0 radical (unpaired) electrons. The Hall–Kier alpha value is -2.17. The van der Waals surface area contributed by atoms with Crippen LogP contribution in [0, 0.1) is 11.3 Å². The highest BCUT2D eigenvalue weighted by Gasteiger charge is 2.77. The SMILES string of the molecule is COC(=O)C1(C(=O)OC)[C@H](C=O)[C@H]1c1ccccc1. The van der Waals surface area contributed by atoms with Crippen LogP contribution in [0.5, 0.6) is 0 Å². The molecule has 1 aliphatic rings. The summed E-state index contributed by atoms with van der Waals surface area (Å²) >= 11 is 0. The van der Waals surface area contributed by atoms with Crippen LogP contribution >= 0.6 is 0 Å². The highest BCUT2D eigenvalue weighted by atomic mass is 16.5. The largest absolute Gasteiger partial charge is 0.468 e. The number of carbonyl (C=O) groups is 3. The normalized spacial score (nSPS) is 23.3. The Balaban J connectivity index is 2.47. The summed E-state index contributed by atoms with van der Waals surface area (Å²) in [5.41, 5.74) is -0.789. The first-order chi connectivity index (χ1) is 9.14. The summed E-state index contributed by atoms with van der Waals surface area (Å²) in [6.07, 6.45) is 0.617. The Bertz CT molecular complexity index is 492. The van der Waals surface area contributed by atoms with E-state index in [0.29, 0.717) is 6.29 Å². The van der Waals surface area contributed by atoms with Crippen molar-refractivity contribution in [2.75, 3.05) is 14.2 Å². The van der Waals surface area contributed by atoms with E-state index in [1.165, 1.54) is 14.2 Å². The average Bonchev–Trinajstić information content (AvgIpc) is 3.16. The van der Waals surface area contributed by atoms with Gasteiger partial charge in [0.15, 0.2) is 5.41 Å². The molecule has 0 heterocycles. The van der Waals surface area contributed by atoms with Gasteiger partial charge in [-0.15, -0.1) is 0 Å². The molecular formula is C14H14O5. The second kappa shape index (κ2) is 4.84. The monoisotopic (exact) mass is 262 g/mol. The van der Waals surface area contributed by atoms with Gasteiger partial charge in [-0.1, -0.05) is 30.3 Å². The number of hydrogen-bond acceptors (Lipinski definition) is 5. The molecule has 0 spiro atoms. The Morgan fingerprint density at radius 3 is 2.05 bits per heavy atom. The number of methoxy groups -OCH3 is 2. The maximum absolute atomic E-state index is 12.0. The van der Waals surface area contributed by atoms with Crippen molar-refractivity contribution in [1.29, 1.82) is 0 Å². The van der Waals surface area contributed by atoms with Gasteiger partial charge in [0.1, 0.15) is 6.29 Å². The van der Waals surface area contributed by atoms with Crippen LogP contribution in [0.15, 0.2) is 30.3 Å². The van der Waals surface area contributed by atoms with E-state index in [9.17, 15) is 14.4 Å². The zero-order valence-electron chi connectivity index (χ0n) is 10.7. The van der Waals surface area contributed by atoms with Crippen molar-refractivity contribution in [3.63, 3.8) is 0 Å². The topological polar surface area (TPSA) is 69.7 Å². The quantitative estimate of drug-likeness (QED) is 0.458. The lowest BCUT2D eigenvalue weighted by atomic mass is 9.99. The molecule has 0 aliphatic heterocycles. The van der Waals surface area contributed by atoms with E-state index >= 15 is 0 Å². The van der Waals surface area contributed by atoms with E-state index in [-0.39, 0.29) is 0 Å². The molecule has 0 saturated heterocycles. The van der Waals surface area contributed by atoms with E-state index in [0.717, 1.165) is 5.56 Å². The van der Waals surface area contributed by atoms with Crippen LogP contribution in [-0.4, -0.2) is 32.4 Å². The predicted octanol–water partition coefficient (Wildman–Crippen LogP) is 0.931. The highest BCUT2D eigenvalue weighted by Crippen LogP contribution is 2.65. The molecule has 1 aromatic carbocycles. The van der Waals surface area contributed by atoms with Crippen LogP contribution in [0.1, 0.15) is 11.5 Å². The number of hydrogen-bond donors (Lipinski definition) is 0. The molecule has 1 fully saturated rings. The van der Waals surface area contributed by atoms with Crippen LogP contribution < -0.4 is 0 Å². The number of aldehydes is 1. The molecule has 5 heteroatoms. The summed E-state index contributed by atoms with van der Waals surface area (Å²) < 4.78 is 9.37. The standard InChI is InChI=1S/C14H14O5/c1-18-12(16)14(13(17)19-2)10(8-15)11(14)9-6-4-3-5-7-9/h3-8,10-11H,1-2H3/t10-,11-/m1/s1. The minimum absolute atomic E-state index is 0.522. The van der Waals surface area contributed by atoms with Crippen molar-refractivity contribution in [3.05, 3.63) is 35.9 Å². The van der Waals surface area contributed by atoms with Crippen LogP contribution in [0.4, 0.5) is 0 Å². The van der Waals surface area contributed by atoms with Gasteiger partial charge in [0.05, 0.1) is 20.1 Å². The second-order valence-corrected chi connectivity index (χ2v) is 4.40. The van der Waals surface area contributed by atoms with Gasteiger partial charge in [-0.2, -0.15) is 0 Å². The van der Waals surface area contributed by atoms with Gasteiger partial charge in [0.25, 0.3) is 0 Å². The van der Waals surface area contributed by atoms with E-state index in [1.807, 2.05) is 6.07 Å². The fourth-order valence-corrected chi connectivity index (χ4v) is 2.68. The van der Waals surface area contributed by atoms with Gasteiger partial charge in [0.2, 0.25) is 0 Å². The number of carbonyl (C=O) groups excluding carboxylic acids is 3. The summed E-state index contributed by atoms with van der Waals surface area (Å²) in [5.74, 6) is -2.73. The summed E-state index contributed by atoms with van der Waals surface area (Å²) in [6, 6.07) is 8.94. The predicted molar refractivity (Wildman–Crippen MR) is 65.2 cm³/mol. The van der Waals surface area contributed by atoms with Gasteiger partial charge in [-0.05, 0) is 5.56 Å². The molecule has 0 N–H and O–H groups in total. The molecule has 1 saturated carbocycles. The van der Waals surface area contributed by atoms with Gasteiger partial charge >= 0.3 is 11.9 Å².